The summed E-state index contributed by atoms with van der Waals surface area (Å²) >= 11 is 0. The lowest BCUT2D eigenvalue weighted by atomic mass is 10.1. The fourth-order valence-electron chi connectivity index (χ4n) is 3.93. The molecule has 0 radical (unpaired) electrons. The van der Waals surface area contributed by atoms with Gasteiger partial charge < -0.3 is 14.8 Å². The first kappa shape index (κ1) is 17.6. The minimum atomic E-state index is -0.165. The van der Waals surface area contributed by atoms with E-state index in [0.29, 0.717) is 44.1 Å². The van der Waals surface area contributed by atoms with Crippen molar-refractivity contribution in [1.29, 1.82) is 0 Å². The third kappa shape index (κ3) is 3.84. The molecule has 0 spiro atoms. The van der Waals surface area contributed by atoms with Crippen molar-refractivity contribution in [3.05, 3.63) is 41.7 Å². The van der Waals surface area contributed by atoms with Crippen LogP contribution < -0.4 is 5.32 Å². The number of fused-ring (bicyclic) bond motifs is 1. The van der Waals surface area contributed by atoms with Crippen LogP contribution in [0.4, 0.5) is 0 Å². The molecule has 0 atom stereocenters. The highest BCUT2D eigenvalue weighted by atomic mass is 16.2. The van der Waals surface area contributed by atoms with Gasteiger partial charge in [-0.05, 0) is 25.0 Å². The first-order valence-electron chi connectivity index (χ1n) is 9.60. The monoisotopic (exact) mass is 368 g/mol. The van der Waals surface area contributed by atoms with Crippen molar-refractivity contribution < 1.29 is 9.59 Å². The van der Waals surface area contributed by atoms with Gasteiger partial charge in [0, 0.05) is 49.9 Å². The standard InChI is InChI=1S/C19H24N6O2/c26-18(14-5-8-20-9-6-14)21-13-17-23-22-16-7-10-24(11-12-25(16)17)19(27)15-3-1-2-4-15/h5-6,8-9,15H,1-4,7,10-13H2,(H,21,26). The van der Waals surface area contributed by atoms with E-state index >= 15 is 0 Å². The average molecular weight is 368 g/mol. The first-order valence-corrected chi connectivity index (χ1v) is 9.60. The molecule has 1 saturated carbocycles. The van der Waals surface area contributed by atoms with Gasteiger partial charge in [-0.3, -0.25) is 14.6 Å². The molecular formula is C19H24N6O2. The Morgan fingerprint density at radius 1 is 1.07 bits per heavy atom. The lowest BCUT2D eigenvalue weighted by molar-refractivity contribution is -0.135. The van der Waals surface area contributed by atoms with Crippen LogP contribution in [0.25, 0.3) is 0 Å². The zero-order valence-electron chi connectivity index (χ0n) is 15.3. The second-order valence-electron chi connectivity index (χ2n) is 7.16. The molecule has 142 valence electrons. The van der Waals surface area contributed by atoms with Gasteiger partial charge in [0.05, 0.1) is 6.54 Å². The van der Waals surface area contributed by atoms with Crippen molar-refractivity contribution in [1.82, 2.24) is 30.0 Å². The summed E-state index contributed by atoms with van der Waals surface area (Å²) in [5, 5.41) is 11.4. The molecule has 2 aromatic rings. The van der Waals surface area contributed by atoms with E-state index in [4.69, 9.17) is 0 Å². The molecular weight excluding hydrogens is 344 g/mol. The van der Waals surface area contributed by atoms with Gasteiger partial charge in [0.2, 0.25) is 5.91 Å². The number of rotatable bonds is 4. The summed E-state index contributed by atoms with van der Waals surface area (Å²) in [7, 11) is 0. The number of hydrogen-bond donors (Lipinski definition) is 1. The van der Waals surface area contributed by atoms with Crippen LogP contribution in [0.15, 0.2) is 24.5 Å². The van der Waals surface area contributed by atoms with Crippen molar-refractivity contribution >= 4 is 11.8 Å². The highest BCUT2D eigenvalue weighted by Crippen LogP contribution is 2.27. The lowest BCUT2D eigenvalue weighted by Gasteiger charge is -2.23. The van der Waals surface area contributed by atoms with Crippen LogP contribution >= 0.6 is 0 Å². The molecule has 0 saturated heterocycles. The summed E-state index contributed by atoms with van der Waals surface area (Å²) < 4.78 is 2.04. The maximum Gasteiger partial charge on any atom is 0.251 e. The quantitative estimate of drug-likeness (QED) is 0.875. The van der Waals surface area contributed by atoms with Gasteiger partial charge in [-0.1, -0.05) is 12.8 Å². The van der Waals surface area contributed by atoms with Crippen molar-refractivity contribution in [2.45, 2.75) is 45.2 Å². The molecule has 0 aromatic carbocycles. The van der Waals surface area contributed by atoms with Crippen LogP contribution in [0.3, 0.4) is 0 Å². The number of carbonyl (C=O) groups is 2. The fraction of sp³-hybridized carbons (Fsp3) is 0.526. The Balaban J connectivity index is 1.38. The van der Waals surface area contributed by atoms with Gasteiger partial charge in [-0.25, -0.2) is 0 Å². The smallest absolute Gasteiger partial charge is 0.251 e. The Kier molecular flexibility index (Phi) is 5.13. The zero-order chi connectivity index (χ0) is 18.6. The van der Waals surface area contributed by atoms with E-state index in [2.05, 4.69) is 20.5 Å². The lowest BCUT2D eigenvalue weighted by Crippen LogP contribution is -2.37. The molecule has 0 bridgehead atoms. The molecule has 0 unspecified atom stereocenters. The summed E-state index contributed by atoms with van der Waals surface area (Å²) in [5.41, 5.74) is 0.564. The molecule has 1 N–H and O–H groups in total. The van der Waals surface area contributed by atoms with Crippen LogP contribution in [-0.4, -0.2) is 49.6 Å². The Bertz CT molecular complexity index is 813. The van der Waals surface area contributed by atoms with Gasteiger partial charge >= 0.3 is 0 Å². The number of carbonyl (C=O) groups excluding carboxylic acids is 2. The van der Waals surface area contributed by atoms with E-state index < -0.39 is 0 Å². The molecule has 8 heteroatoms. The third-order valence-electron chi connectivity index (χ3n) is 5.47. The SMILES string of the molecule is O=C(NCc1nnc2n1CCN(C(=O)C1CCCC1)CC2)c1ccncc1. The largest absolute Gasteiger partial charge is 0.345 e. The molecule has 27 heavy (non-hydrogen) atoms. The van der Waals surface area contributed by atoms with E-state index in [-0.39, 0.29) is 11.8 Å². The molecule has 3 heterocycles. The average Bonchev–Trinajstić information content (AvgIpc) is 3.32. The van der Waals surface area contributed by atoms with Crippen LogP contribution in [0.5, 0.6) is 0 Å². The Labute approximate surface area is 158 Å². The van der Waals surface area contributed by atoms with Crippen LogP contribution in [0.1, 0.15) is 47.7 Å². The summed E-state index contributed by atoms with van der Waals surface area (Å²) in [6.07, 6.45) is 8.25. The molecule has 1 aliphatic heterocycles. The molecule has 8 nitrogen and oxygen atoms in total. The third-order valence-corrected chi connectivity index (χ3v) is 5.47. The number of nitrogens with one attached hydrogen (secondary N) is 1. The number of aromatic nitrogens is 4. The predicted molar refractivity (Wildman–Crippen MR) is 97.7 cm³/mol. The molecule has 2 amide bonds. The van der Waals surface area contributed by atoms with Crippen molar-refractivity contribution in [3.8, 4) is 0 Å². The van der Waals surface area contributed by atoms with Crippen LogP contribution in [0.2, 0.25) is 0 Å². The summed E-state index contributed by atoms with van der Waals surface area (Å²) in [5.74, 6) is 1.93. The number of hydrogen-bond acceptors (Lipinski definition) is 5. The highest BCUT2D eigenvalue weighted by Gasteiger charge is 2.29. The zero-order valence-corrected chi connectivity index (χ0v) is 15.3. The first-order chi connectivity index (χ1) is 13.2. The van der Waals surface area contributed by atoms with E-state index in [0.717, 1.165) is 37.3 Å². The van der Waals surface area contributed by atoms with E-state index in [1.54, 1.807) is 24.5 Å². The number of amides is 2. The summed E-state index contributed by atoms with van der Waals surface area (Å²) in [4.78, 5) is 30.8. The Morgan fingerprint density at radius 3 is 2.63 bits per heavy atom. The summed E-state index contributed by atoms with van der Waals surface area (Å²) in [6, 6.07) is 3.35. The van der Waals surface area contributed by atoms with Crippen LogP contribution in [0, 0.1) is 5.92 Å². The van der Waals surface area contributed by atoms with Gasteiger partial charge in [0.25, 0.3) is 5.91 Å². The minimum Gasteiger partial charge on any atom is -0.345 e. The number of pyridine rings is 1. The Hall–Kier alpha value is -2.77. The van der Waals surface area contributed by atoms with E-state index in [1.807, 2.05) is 9.47 Å². The van der Waals surface area contributed by atoms with Gasteiger partial charge in [-0.15, -0.1) is 10.2 Å². The maximum absolute atomic E-state index is 12.7. The maximum atomic E-state index is 12.7. The van der Waals surface area contributed by atoms with Crippen molar-refractivity contribution in [2.75, 3.05) is 13.1 Å². The van der Waals surface area contributed by atoms with Gasteiger partial charge in [0.15, 0.2) is 5.82 Å². The second-order valence-corrected chi connectivity index (χ2v) is 7.16. The Morgan fingerprint density at radius 2 is 1.85 bits per heavy atom. The topological polar surface area (TPSA) is 93.0 Å². The van der Waals surface area contributed by atoms with E-state index in [1.165, 1.54) is 0 Å². The highest BCUT2D eigenvalue weighted by molar-refractivity contribution is 5.93. The van der Waals surface area contributed by atoms with Gasteiger partial charge in [0.1, 0.15) is 5.82 Å². The molecule has 2 aromatic heterocycles. The van der Waals surface area contributed by atoms with Crippen molar-refractivity contribution in [2.24, 2.45) is 5.92 Å². The predicted octanol–water partition coefficient (Wildman–Crippen LogP) is 1.18. The van der Waals surface area contributed by atoms with Crippen molar-refractivity contribution in [3.63, 3.8) is 0 Å². The second kappa shape index (κ2) is 7.85. The van der Waals surface area contributed by atoms with Crippen LogP contribution in [-0.2, 0) is 24.3 Å². The number of nitrogens with zero attached hydrogens (tertiary/aromatic N) is 5. The van der Waals surface area contributed by atoms with Gasteiger partial charge in [-0.2, -0.15) is 0 Å². The molecule has 1 fully saturated rings. The minimum absolute atomic E-state index is 0.165. The normalized spacial score (nSPS) is 17.4. The molecule has 2 aliphatic rings. The van der Waals surface area contributed by atoms with E-state index in [9.17, 15) is 9.59 Å². The fourth-order valence-corrected chi connectivity index (χ4v) is 3.93. The summed E-state index contributed by atoms with van der Waals surface area (Å²) in [6.45, 7) is 2.34. The molecule has 4 rings (SSSR count). The molecule has 1 aliphatic carbocycles.